The van der Waals surface area contributed by atoms with Crippen molar-refractivity contribution in [3.05, 3.63) is 65.0 Å². The number of methoxy groups -OCH3 is 1. The van der Waals surface area contributed by atoms with E-state index < -0.39 is 5.91 Å². The van der Waals surface area contributed by atoms with E-state index in [2.05, 4.69) is 11.5 Å². The number of hydrogen-bond donors (Lipinski definition) is 1. The van der Waals surface area contributed by atoms with Gasteiger partial charge in [0, 0.05) is 29.1 Å². The van der Waals surface area contributed by atoms with Crippen LogP contribution in [0.25, 0.3) is 11.1 Å². The van der Waals surface area contributed by atoms with E-state index >= 15 is 0 Å². The maximum Gasteiger partial charge on any atom is 0.251 e. The zero-order valence-electron chi connectivity index (χ0n) is 17.5. The van der Waals surface area contributed by atoms with Crippen molar-refractivity contribution in [1.82, 2.24) is 4.57 Å². The summed E-state index contributed by atoms with van der Waals surface area (Å²) in [5.41, 5.74) is 11.1. The van der Waals surface area contributed by atoms with Gasteiger partial charge in [-0.25, -0.2) is 0 Å². The minimum absolute atomic E-state index is 0.242. The van der Waals surface area contributed by atoms with Crippen LogP contribution in [-0.4, -0.2) is 24.4 Å². The van der Waals surface area contributed by atoms with Crippen LogP contribution in [0.1, 0.15) is 40.7 Å². The van der Waals surface area contributed by atoms with Crippen LogP contribution in [-0.2, 0) is 13.0 Å². The first-order valence-corrected chi connectivity index (χ1v) is 10.1. The highest BCUT2D eigenvalue weighted by atomic mass is 16.7. The molecule has 4 rings (SSSR count). The third-order valence-corrected chi connectivity index (χ3v) is 5.52. The standard InChI is InChI=1S/C24H26N2O4/c1-4-7-18-23(17-8-5-6-9-19(17)28-3)22(24(25)27)15(2)26(18)13-16-10-11-20-21(12-16)30-14-29-20/h5-6,8-12H,4,7,13-14H2,1-3H3,(H2,25,27). The Morgan fingerprint density at radius 1 is 1.17 bits per heavy atom. The summed E-state index contributed by atoms with van der Waals surface area (Å²) >= 11 is 0. The fourth-order valence-corrected chi connectivity index (χ4v) is 4.17. The molecule has 6 heteroatoms. The number of carbonyl (C=O) groups excluding carboxylic acids is 1. The SMILES string of the molecule is CCCc1c(-c2ccccc2OC)c(C(N)=O)c(C)n1Cc1ccc2c(c1)OCO2. The van der Waals surface area contributed by atoms with Crippen molar-refractivity contribution in [2.45, 2.75) is 33.2 Å². The summed E-state index contributed by atoms with van der Waals surface area (Å²) in [6, 6.07) is 13.7. The number of ether oxygens (including phenoxy) is 3. The summed E-state index contributed by atoms with van der Waals surface area (Å²) in [6.45, 7) is 4.92. The minimum Gasteiger partial charge on any atom is -0.496 e. The molecule has 0 atom stereocenters. The van der Waals surface area contributed by atoms with Crippen LogP contribution in [0.3, 0.4) is 0 Å². The Morgan fingerprint density at radius 2 is 1.93 bits per heavy atom. The number of hydrogen-bond acceptors (Lipinski definition) is 4. The lowest BCUT2D eigenvalue weighted by Crippen LogP contribution is -2.13. The van der Waals surface area contributed by atoms with Gasteiger partial charge in [0.25, 0.3) is 5.91 Å². The Morgan fingerprint density at radius 3 is 2.67 bits per heavy atom. The normalized spacial score (nSPS) is 12.2. The predicted molar refractivity (Wildman–Crippen MR) is 115 cm³/mol. The number of primary amides is 1. The summed E-state index contributed by atoms with van der Waals surface area (Å²) in [4.78, 5) is 12.5. The third kappa shape index (κ3) is 3.38. The Kier molecular flexibility index (Phi) is 5.40. The van der Waals surface area contributed by atoms with Crippen LogP contribution in [0.15, 0.2) is 42.5 Å². The first kappa shape index (κ1) is 19.9. The van der Waals surface area contributed by atoms with Gasteiger partial charge >= 0.3 is 0 Å². The molecular formula is C24H26N2O4. The lowest BCUT2D eigenvalue weighted by molar-refractivity contribution is 0.1000. The number of carbonyl (C=O) groups is 1. The van der Waals surface area contributed by atoms with Crippen LogP contribution in [0.2, 0.25) is 0 Å². The van der Waals surface area contributed by atoms with Gasteiger partial charge in [0.2, 0.25) is 6.79 Å². The lowest BCUT2D eigenvalue weighted by atomic mass is 9.97. The number of para-hydroxylation sites is 1. The second kappa shape index (κ2) is 8.14. The molecule has 0 unspecified atom stereocenters. The van der Waals surface area contributed by atoms with Gasteiger partial charge in [-0.3, -0.25) is 4.79 Å². The van der Waals surface area contributed by atoms with Gasteiger partial charge in [0.1, 0.15) is 5.75 Å². The van der Waals surface area contributed by atoms with Crippen molar-refractivity contribution in [3.63, 3.8) is 0 Å². The largest absolute Gasteiger partial charge is 0.496 e. The second-order valence-electron chi connectivity index (χ2n) is 7.37. The molecule has 2 aromatic carbocycles. The van der Waals surface area contributed by atoms with E-state index in [0.29, 0.717) is 12.1 Å². The molecule has 3 aromatic rings. The summed E-state index contributed by atoms with van der Waals surface area (Å²) in [5.74, 6) is 1.78. The predicted octanol–water partition coefficient (Wildman–Crippen LogP) is 4.30. The molecule has 1 amide bonds. The molecule has 0 fully saturated rings. The topological polar surface area (TPSA) is 75.7 Å². The molecule has 6 nitrogen and oxygen atoms in total. The molecule has 0 spiro atoms. The van der Waals surface area contributed by atoms with Gasteiger partial charge in [0.05, 0.1) is 12.7 Å². The summed E-state index contributed by atoms with van der Waals surface area (Å²) < 4.78 is 18.7. The molecule has 0 saturated carbocycles. The van der Waals surface area contributed by atoms with Gasteiger partial charge in [-0.15, -0.1) is 0 Å². The van der Waals surface area contributed by atoms with Crippen molar-refractivity contribution in [2.75, 3.05) is 13.9 Å². The second-order valence-corrected chi connectivity index (χ2v) is 7.37. The number of nitrogens with zero attached hydrogens (tertiary/aromatic N) is 1. The van der Waals surface area contributed by atoms with Crippen LogP contribution >= 0.6 is 0 Å². The van der Waals surface area contributed by atoms with E-state index in [4.69, 9.17) is 19.9 Å². The minimum atomic E-state index is -0.435. The maximum absolute atomic E-state index is 12.5. The Balaban J connectivity index is 1.89. The first-order valence-electron chi connectivity index (χ1n) is 10.1. The van der Waals surface area contributed by atoms with Crippen molar-refractivity contribution in [2.24, 2.45) is 5.73 Å². The number of amides is 1. The van der Waals surface area contributed by atoms with Crippen molar-refractivity contribution in [3.8, 4) is 28.4 Å². The summed E-state index contributed by atoms with van der Waals surface area (Å²) in [7, 11) is 1.64. The van der Waals surface area contributed by atoms with E-state index in [9.17, 15) is 4.79 Å². The molecule has 0 radical (unpaired) electrons. The highest BCUT2D eigenvalue weighted by molar-refractivity contribution is 6.03. The number of nitrogens with two attached hydrogens (primary N) is 1. The maximum atomic E-state index is 12.5. The zero-order chi connectivity index (χ0) is 21.3. The van der Waals surface area contributed by atoms with E-state index in [0.717, 1.165) is 58.2 Å². The van der Waals surface area contributed by atoms with Crippen molar-refractivity contribution in [1.29, 1.82) is 0 Å². The van der Waals surface area contributed by atoms with E-state index in [1.807, 2.05) is 49.4 Å². The summed E-state index contributed by atoms with van der Waals surface area (Å²) in [6.07, 6.45) is 1.75. The van der Waals surface area contributed by atoms with Crippen LogP contribution in [0, 0.1) is 6.92 Å². The van der Waals surface area contributed by atoms with Crippen molar-refractivity contribution >= 4 is 5.91 Å². The number of benzene rings is 2. The van der Waals surface area contributed by atoms with Gasteiger partial charge in [-0.1, -0.05) is 37.6 Å². The summed E-state index contributed by atoms with van der Waals surface area (Å²) in [5, 5.41) is 0. The molecule has 0 bridgehead atoms. The molecule has 1 aliphatic rings. The quantitative estimate of drug-likeness (QED) is 0.635. The highest BCUT2D eigenvalue weighted by Crippen LogP contribution is 2.39. The Bertz CT molecular complexity index is 1100. The molecule has 0 aliphatic carbocycles. The number of fused-ring (bicyclic) bond motifs is 1. The van der Waals surface area contributed by atoms with Gasteiger partial charge in [0.15, 0.2) is 11.5 Å². The lowest BCUT2D eigenvalue weighted by Gasteiger charge is -2.14. The van der Waals surface area contributed by atoms with Gasteiger partial charge in [-0.05, 0) is 37.1 Å². The van der Waals surface area contributed by atoms with E-state index in [1.54, 1.807) is 7.11 Å². The third-order valence-electron chi connectivity index (χ3n) is 5.52. The fraction of sp³-hybridized carbons (Fsp3) is 0.292. The first-order chi connectivity index (χ1) is 14.5. The smallest absolute Gasteiger partial charge is 0.251 e. The molecule has 2 heterocycles. The van der Waals surface area contributed by atoms with Gasteiger partial charge < -0.3 is 24.5 Å². The average molecular weight is 406 g/mol. The Labute approximate surface area is 176 Å². The molecule has 30 heavy (non-hydrogen) atoms. The molecule has 0 saturated heterocycles. The zero-order valence-corrected chi connectivity index (χ0v) is 17.5. The monoisotopic (exact) mass is 406 g/mol. The van der Waals surface area contributed by atoms with E-state index in [1.165, 1.54) is 0 Å². The van der Waals surface area contributed by atoms with Gasteiger partial charge in [-0.2, -0.15) is 0 Å². The van der Waals surface area contributed by atoms with Crippen LogP contribution < -0.4 is 19.9 Å². The molecule has 1 aliphatic heterocycles. The Hall–Kier alpha value is -3.41. The van der Waals surface area contributed by atoms with Crippen LogP contribution in [0.5, 0.6) is 17.2 Å². The average Bonchev–Trinajstić information content (AvgIpc) is 3.31. The molecule has 2 N–H and O–H groups in total. The highest BCUT2D eigenvalue weighted by Gasteiger charge is 2.26. The van der Waals surface area contributed by atoms with Crippen LogP contribution in [0.4, 0.5) is 0 Å². The number of aromatic nitrogens is 1. The number of rotatable bonds is 7. The van der Waals surface area contributed by atoms with E-state index in [-0.39, 0.29) is 6.79 Å². The fourth-order valence-electron chi connectivity index (χ4n) is 4.17. The van der Waals surface area contributed by atoms with Crippen molar-refractivity contribution < 1.29 is 19.0 Å². The molecular weight excluding hydrogens is 380 g/mol. The molecule has 1 aromatic heterocycles. The molecule has 156 valence electrons.